The summed E-state index contributed by atoms with van der Waals surface area (Å²) in [6.07, 6.45) is 9.61. The van der Waals surface area contributed by atoms with Gasteiger partial charge in [0.15, 0.2) is 5.65 Å². The van der Waals surface area contributed by atoms with E-state index in [2.05, 4.69) is 63.0 Å². The first-order chi connectivity index (χ1) is 22.8. The summed E-state index contributed by atoms with van der Waals surface area (Å²) in [4.78, 5) is 15.9. The van der Waals surface area contributed by atoms with Gasteiger partial charge in [-0.3, -0.25) is 14.6 Å². The lowest BCUT2D eigenvalue weighted by Crippen LogP contribution is -2.39. The number of morpholine rings is 1. The molecule has 1 saturated carbocycles. The number of benzene rings is 1. The summed E-state index contributed by atoms with van der Waals surface area (Å²) in [5.41, 5.74) is 3.86. The molecular weight excluding hydrogens is 592 g/mol. The van der Waals surface area contributed by atoms with Crippen molar-refractivity contribution >= 4 is 17.5 Å². The van der Waals surface area contributed by atoms with Crippen LogP contribution in [0.1, 0.15) is 106 Å². The van der Waals surface area contributed by atoms with Gasteiger partial charge in [-0.25, -0.2) is 9.48 Å². The second kappa shape index (κ2) is 13.6. The van der Waals surface area contributed by atoms with E-state index < -0.39 is 0 Å². The minimum atomic E-state index is -0.231. The average molecular weight is 641 g/mol. The minimum Gasteiger partial charge on any atom is -0.484 e. The largest absolute Gasteiger partial charge is 0.484 e. The Labute approximate surface area is 277 Å². The molecule has 0 unspecified atom stereocenters. The fourth-order valence-electron chi connectivity index (χ4n) is 7.21. The zero-order chi connectivity index (χ0) is 32.4. The number of nitrogens with one attached hydrogen (secondary N) is 2. The first kappa shape index (κ1) is 31.6. The molecule has 2 fully saturated rings. The van der Waals surface area contributed by atoms with Crippen molar-refractivity contribution in [2.75, 3.05) is 38.2 Å². The molecule has 47 heavy (non-hydrogen) atoms. The Hall–Kier alpha value is -3.96. The van der Waals surface area contributed by atoms with Crippen LogP contribution in [0.25, 0.3) is 5.65 Å². The monoisotopic (exact) mass is 640 g/mol. The maximum absolute atomic E-state index is 13.5. The zero-order valence-electron chi connectivity index (χ0n) is 28.0. The number of hydrogen-bond acceptors (Lipinski definition) is 7. The van der Waals surface area contributed by atoms with Gasteiger partial charge in [0.25, 0.3) is 0 Å². The molecule has 3 aromatic heterocycles. The Morgan fingerprint density at radius 1 is 0.957 bits per heavy atom. The highest BCUT2D eigenvalue weighted by atomic mass is 16.5. The number of rotatable bonds is 8. The van der Waals surface area contributed by atoms with Crippen LogP contribution in [0.3, 0.4) is 0 Å². The molecule has 1 aromatic carbocycles. The summed E-state index contributed by atoms with van der Waals surface area (Å²) in [6.45, 7) is 11.3. The lowest BCUT2D eigenvalue weighted by molar-refractivity contribution is 0.0360. The van der Waals surface area contributed by atoms with E-state index in [1.807, 2.05) is 41.2 Å². The van der Waals surface area contributed by atoms with Crippen LogP contribution in [0.5, 0.6) is 5.75 Å². The summed E-state index contributed by atoms with van der Waals surface area (Å²) in [5, 5.41) is 20.3. The van der Waals surface area contributed by atoms with Crippen molar-refractivity contribution in [3.8, 4) is 5.75 Å². The van der Waals surface area contributed by atoms with Crippen LogP contribution in [0, 0.1) is 0 Å². The van der Waals surface area contributed by atoms with E-state index >= 15 is 0 Å². The van der Waals surface area contributed by atoms with E-state index in [9.17, 15) is 4.79 Å². The second-order valence-corrected chi connectivity index (χ2v) is 14.3. The number of nitrogens with zero attached hydrogens (tertiary/aromatic N) is 6. The predicted octanol–water partition coefficient (Wildman–Crippen LogP) is 6.38. The zero-order valence-corrected chi connectivity index (χ0v) is 28.0. The molecule has 11 nitrogen and oxygen atoms in total. The van der Waals surface area contributed by atoms with Crippen molar-refractivity contribution in [2.24, 2.45) is 0 Å². The second-order valence-electron chi connectivity index (χ2n) is 14.3. The molecule has 1 aliphatic heterocycles. The lowest BCUT2D eigenvalue weighted by Gasteiger charge is -2.32. The van der Waals surface area contributed by atoms with E-state index in [1.165, 1.54) is 32.1 Å². The Bertz CT molecular complexity index is 1680. The summed E-state index contributed by atoms with van der Waals surface area (Å²) >= 11 is 0. The number of anilines is 1. The molecule has 1 saturated heterocycles. The van der Waals surface area contributed by atoms with Crippen LogP contribution in [-0.2, 0) is 16.7 Å². The third-order valence-electron chi connectivity index (χ3n) is 9.91. The van der Waals surface area contributed by atoms with Crippen LogP contribution in [0.4, 0.5) is 10.6 Å². The summed E-state index contributed by atoms with van der Waals surface area (Å²) in [5.74, 6) is 3.01. The van der Waals surface area contributed by atoms with Crippen LogP contribution < -0.4 is 15.4 Å². The van der Waals surface area contributed by atoms with Gasteiger partial charge in [-0.15, -0.1) is 10.2 Å². The van der Waals surface area contributed by atoms with Gasteiger partial charge in [0.2, 0.25) is 0 Å². The van der Waals surface area contributed by atoms with E-state index in [0.717, 1.165) is 79.7 Å². The molecule has 2 N–H and O–H groups in total. The van der Waals surface area contributed by atoms with Gasteiger partial charge in [0.05, 0.1) is 37.7 Å². The van der Waals surface area contributed by atoms with E-state index in [0.29, 0.717) is 18.3 Å². The molecule has 4 aromatic rings. The molecule has 0 spiro atoms. The first-order valence-corrected chi connectivity index (χ1v) is 17.4. The molecule has 250 valence electrons. The number of urea groups is 1. The molecule has 2 aliphatic carbocycles. The van der Waals surface area contributed by atoms with Crippen molar-refractivity contribution in [1.29, 1.82) is 0 Å². The van der Waals surface area contributed by atoms with Crippen LogP contribution in [0.15, 0.2) is 48.7 Å². The van der Waals surface area contributed by atoms with E-state index in [1.54, 1.807) is 0 Å². The SMILES string of the molecule is CC(C)(C)c1cc(NC(=O)N[C@H]2CC[C@@H](Oc3ccc4nnc(C5CCCCC5)n4c3)c3ccccc32)n(CCN2CCOCC2)n1. The summed E-state index contributed by atoms with van der Waals surface area (Å²) < 4.78 is 16.2. The normalized spacial score (nSPS) is 21.0. The standard InChI is InChI=1S/C36H48N8O3/c1-36(2,3)31-23-33(44(41-31)18-17-42-19-21-46-22-20-42)38-35(45)37-29-14-15-30(28-12-8-7-11-27(28)29)47-26-13-16-32-39-40-34(43(32)24-26)25-9-5-4-6-10-25/h7-8,11-13,16,23-25,29-30H,4-6,9-10,14-15,17-22H2,1-3H3,(H2,37,38,45)/t29-,30+/m0/s1. The molecule has 11 heteroatoms. The van der Waals surface area contributed by atoms with Gasteiger partial charge < -0.3 is 14.8 Å². The molecule has 3 aliphatic rings. The predicted molar refractivity (Wildman–Crippen MR) is 181 cm³/mol. The third-order valence-corrected chi connectivity index (χ3v) is 9.91. The highest BCUT2D eigenvalue weighted by Gasteiger charge is 2.30. The number of fused-ring (bicyclic) bond motifs is 2. The number of pyridine rings is 1. The molecule has 4 heterocycles. The Morgan fingerprint density at radius 2 is 1.74 bits per heavy atom. The third kappa shape index (κ3) is 7.16. The van der Waals surface area contributed by atoms with Crippen LogP contribution in [-0.4, -0.2) is 68.2 Å². The fourth-order valence-corrected chi connectivity index (χ4v) is 7.21. The number of amides is 2. The smallest absolute Gasteiger partial charge is 0.320 e. The Balaban J connectivity index is 1.04. The van der Waals surface area contributed by atoms with Gasteiger partial charge in [-0.2, -0.15) is 5.10 Å². The van der Waals surface area contributed by atoms with Gasteiger partial charge in [0.1, 0.15) is 23.5 Å². The highest BCUT2D eigenvalue weighted by molar-refractivity contribution is 5.88. The average Bonchev–Trinajstić information content (AvgIpc) is 3.70. The minimum absolute atomic E-state index is 0.115. The van der Waals surface area contributed by atoms with Gasteiger partial charge in [-0.05, 0) is 48.9 Å². The quantitative estimate of drug-likeness (QED) is 0.230. The number of ether oxygens (including phenoxy) is 2. The topological polar surface area (TPSA) is 111 Å². The number of hydrogen-bond donors (Lipinski definition) is 2. The Kier molecular flexibility index (Phi) is 9.18. The van der Waals surface area contributed by atoms with Crippen LogP contribution in [0.2, 0.25) is 0 Å². The summed E-state index contributed by atoms with van der Waals surface area (Å²) in [6, 6.07) is 13.9. The number of carbonyl (C=O) groups excluding carboxylic acids is 1. The first-order valence-electron chi connectivity index (χ1n) is 17.4. The van der Waals surface area contributed by atoms with Gasteiger partial charge >= 0.3 is 6.03 Å². The van der Waals surface area contributed by atoms with Crippen LogP contribution >= 0.6 is 0 Å². The maximum atomic E-state index is 13.5. The van der Waals surface area contributed by atoms with Crippen molar-refractivity contribution in [1.82, 2.24) is 34.6 Å². The molecule has 2 amide bonds. The molecule has 0 bridgehead atoms. The van der Waals surface area contributed by atoms with Gasteiger partial charge in [-0.1, -0.05) is 64.3 Å². The highest BCUT2D eigenvalue weighted by Crippen LogP contribution is 2.39. The van der Waals surface area contributed by atoms with Crippen molar-refractivity contribution in [3.63, 3.8) is 0 Å². The number of carbonyl (C=O) groups is 1. The number of aromatic nitrogens is 5. The molecule has 2 atom stereocenters. The lowest BCUT2D eigenvalue weighted by atomic mass is 9.85. The molecule has 7 rings (SSSR count). The van der Waals surface area contributed by atoms with Crippen molar-refractivity contribution in [2.45, 2.75) is 95.7 Å². The summed E-state index contributed by atoms with van der Waals surface area (Å²) in [7, 11) is 0. The van der Waals surface area contributed by atoms with E-state index in [4.69, 9.17) is 14.6 Å². The van der Waals surface area contributed by atoms with E-state index in [-0.39, 0.29) is 23.6 Å². The molecular formula is C36H48N8O3. The van der Waals surface area contributed by atoms with Crippen molar-refractivity contribution < 1.29 is 14.3 Å². The van der Waals surface area contributed by atoms with Crippen molar-refractivity contribution in [3.05, 3.63) is 71.3 Å². The fraction of sp³-hybridized carbons (Fsp3) is 0.556. The van der Waals surface area contributed by atoms with Gasteiger partial charge in [0, 0.05) is 37.0 Å². The maximum Gasteiger partial charge on any atom is 0.320 e. The Morgan fingerprint density at radius 3 is 2.53 bits per heavy atom. The molecule has 0 radical (unpaired) electrons.